The predicted octanol–water partition coefficient (Wildman–Crippen LogP) is 5.55. The first-order valence-electron chi connectivity index (χ1n) is 9.85. The van der Waals surface area contributed by atoms with Crippen molar-refractivity contribution < 1.29 is 23.6 Å². The number of nitrogens with zero attached hydrogens (tertiary/aromatic N) is 2. The summed E-state index contributed by atoms with van der Waals surface area (Å²) < 4.78 is 18.8. The maximum atomic E-state index is 13.1. The predicted molar refractivity (Wildman–Crippen MR) is 122 cm³/mol. The van der Waals surface area contributed by atoms with Crippen LogP contribution in [0.4, 0.5) is 14.9 Å². The Morgan fingerprint density at radius 3 is 2.21 bits per heavy atom. The van der Waals surface area contributed by atoms with E-state index in [9.17, 15) is 24.1 Å². The summed E-state index contributed by atoms with van der Waals surface area (Å²) in [5, 5.41) is 10.3. The van der Waals surface area contributed by atoms with Crippen molar-refractivity contribution >= 4 is 34.7 Å². The molecule has 0 bridgehead atoms. The normalized spacial score (nSPS) is 14.7. The second-order valence-electron chi connectivity index (χ2n) is 7.18. The van der Waals surface area contributed by atoms with Crippen LogP contribution in [0.2, 0.25) is 0 Å². The summed E-state index contributed by atoms with van der Waals surface area (Å²) in [5.41, 5.74) is 2.20. The van der Waals surface area contributed by atoms with Gasteiger partial charge in [0, 0.05) is 12.1 Å². The molecule has 33 heavy (non-hydrogen) atoms. The number of imide groups is 1. The number of rotatable bonds is 7. The fraction of sp³-hybridized carbons (Fsp3) is 0.0833. The molecule has 9 heteroatoms. The van der Waals surface area contributed by atoms with E-state index in [1.807, 2.05) is 0 Å². The van der Waals surface area contributed by atoms with Crippen LogP contribution in [0.25, 0.3) is 6.08 Å². The molecule has 0 saturated carbocycles. The summed E-state index contributed by atoms with van der Waals surface area (Å²) in [5.74, 6) is -0.185. The van der Waals surface area contributed by atoms with E-state index in [-0.39, 0.29) is 29.9 Å². The second-order valence-corrected chi connectivity index (χ2v) is 8.17. The summed E-state index contributed by atoms with van der Waals surface area (Å²) in [6, 6.07) is 18.8. The molecule has 0 N–H and O–H groups in total. The summed E-state index contributed by atoms with van der Waals surface area (Å²) >= 11 is 0.859. The number of hydrogen-bond donors (Lipinski definition) is 0. The van der Waals surface area contributed by atoms with Crippen LogP contribution in [0, 0.1) is 15.9 Å². The average molecular weight is 464 g/mol. The van der Waals surface area contributed by atoms with Crippen LogP contribution < -0.4 is 4.74 Å². The fourth-order valence-corrected chi connectivity index (χ4v) is 3.94. The van der Waals surface area contributed by atoms with Crippen molar-refractivity contribution in [2.75, 3.05) is 0 Å². The van der Waals surface area contributed by atoms with Crippen LogP contribution in [0.1, 0.15) is 16.7 Å². The van der Waals surface area contributed by atoms with Gasteiger partial charge >= 0.3 is 0 Å². The number of benzene rings is 3. The maximum absolute atomic E-state index is 13.1. The molecular formula is C24H17FN2O5S. The molecule has 1 fully saturated rings. The number of amides is 2. The number of thioether (sulfide) groups is 1. The average Bonchev–Trinajstić information content (AvgIpc) is 3.07. The highest BCUT2D eigenvalue weighted by molar-refractivity contribution is 8.18. The van der Waals surface area contributed by atoms with Gasteiger partial charge in [-0.2, -0.15) is 0 Å². The molecule has 2 amide bonds. The van der Waals surface area contributed by atoms with Crippen molar-refractivity contribution in [2.45, 2.75) is 13.2 Å². The van der Waals surface area contributed by atoms with E-state index in [0.717, 1.165) is 27.8 Å². The topological polar surface area (TPSA) is 89.7 Å². The van der Waals surface area contributed by atoms with Gasteiger partial charge in [0.25, 0.3) is 16.8 Å². The molecule has 1 saturated heterocycles. The maximum Gasteiger partial charge on any atom is 0.293 e. The number of nitro benzene ring substituents is 1. The number of non-ortho nitro benzene ring substituents is 1. The molecule has 0 atom stereocenters. The molecule has 0 aliphatic carbocycles. The number of halogens is 1. The summed E-state index contributed by atoms with van der Waals surface area (Å²) in [4.78, 5) is 36.6. The molecule has 4 rings (SSSR count). The van der Waals surface area contributed by atoms with E-state index in [1.54, 1.807) is 42.5 Å². The molecule has 3 aromatic rings. The Balaban J connectivity index is 1.37. The lowest BCUT2D eigenvalue weighted by molar-refractivity contribution is -0.384. The highest BCUT2D eigenvalue weighted by Crippen LogP contribution is 2.33. The molecule has 1 heterocycles. The third kappa shape index (κ3) is 5.45. The highest BCUT2D eigenvalue weighted by atomic mass is 32.2. The van der Waals surface area contributed by atoms with Crippen LogP contribution in [0.3, 0.4) is 0 Å². The molecule has 166 valence electrons. The SMILES string of the molecule is O=C1S/C(=C/c2ccc(OCc3ccc([N+](=O)[O-])cc3)cc2)C(=O)N1Cc1ccc(F)cc1. The Hall–Kier alpha value is -3.98. The standard InChI is InChI=1S/C24H17FN2O5S/c25-19-7-1-17(2-8-19)14-26-23(28)22(33-24(26)29)13-16-5-11-21(12-6-16)32-15-18-3-9-20(10-4-18)27(30)31/h1-13H,14-15H2/b22-13+. The Bertz CT molecular complexity index is 1230. The van der Waals surface area contributed by atoms with Gasteiger partial charge in [-0.3, -0.25) is 24.6 Å². The minimum atomic E-state index is -0.458. The minimum absolute atomic E-state index is 0.0187. The highest BCUT2D eigenvalue weighted by Gasteiger charge is 2.34. The molecule has 1 aliphatic rings. The monoisotopic (exact) mass is 464 g/mol. The molecule has 0 unspecified atom stereocenters. The zero-order chi connectivity index (χ0) is 23.4. The van der Waals surface area contributed by atoms with Gasteiger partial charge in [0.2, 0.25) is 0 Å². The van der Waals surface area contributed by atoms with Crippen LogP contribution in [-0.2, 0) is 17.9 Å². The van der Waals surface area contributed by atoms with Gasteiger partial charge in [-0.1, -0.05) is 24.3 Å². The quantitative estimate of drug-likeness (QED) is 0.259. The van der Waals surface area contributed by atoms with Gasteiger partial charge in [0.05, 0.1) is 16.4 Å². The molecule has 7 nitrogen and oxygen atoms in total. The third-order valence-electron chi connectivity index (χ3n) is 4.86. The molecule has 1 aliphatic heterocycles. The van der Waals surface area contributed by atoms with Gasteiger partial charge in [0.15, 0.2) is 0 Å². The minimum Gasteiger partial charge on any atom is -0.489 e. The van der Waals surface area contributed by atoms with Crippen molar-refractivity contribution in [3.8, 4) is 5.75 Å². The van der Waals surface area contributed by atoms with E-state index in [2.05, 4.69) is 0 Å². The Labute approximate surface area is 192 Å². The largest absolute Gasteiger partial charge is 0.489 e. The number of hydrogen-bond acceptors (Lipinski definition) is 6. The van der Waals surface area contributed by atoms with Crippen LogP contribution in [-0.4, -0.2) is 21.0 Å². The molecule has 0 spiro atoms. The number of carbonyl (C=O) groups excluding carboxylic acids is 2. The Morgan fingerprint density at radius 2 is 1.58 bits per heavy atom. The van der Waals surface area contributed by atoms with Crippen molar-refractivity contribution in [1.82, 2.24) is 4.90 Å². The fourth-order valence-electron chi connectivity index (χ4n) is 3.10. The van der Waals surface area contributed by atoms with E-state index < -0.39 is 10.8 Å². The van der Waals surface area contributed by atoms with Crippen LogP contribution in [0.15, 0.2) is 77.7 Å². The summed E-state index contributed by atoms with van der Waals surface area (Å²) in [7, 11) is 0. The first kappa shape index (κ1) is 22.2. The lowest BCUT2D eigenvalue weighted by atomic mass is 10.2. The van der Waals surface area contributed by atoms with Gasteiger partial charge in [-0.05, 0) is 70.9 Å². The summed E-state index contributed by atoms with van der Waals surface area (Å²) in [6.07, 6.45) is 1.63. The zero-order valence-electron chi connectivity index (χ0n) is 17.1. The lowest BCUT2D eigenvalue weighted by Crippen LogP contribution is -2.27. The molecule has 3 aromatic carbocycles. The Morgan fingerprint density at radius 1 is 0.939 bits per heavy atom. The van der Waals surface area contributed by atoms with Crippen LogP contribution in [0.5, 0.6) is 5.75 Å². The first-order chi connectivity index (χ1) is 15.9. The second kappa shape index (κ2) is 9.66. The smallest absolute Gasteiger partial charge is 0.293 e. The van der Waals surface area contributed by atoms with E-state index in [4.69, 9.17) is 4.74 Å². The van der Waals surface area contributed by atoms with Gasteiger partial charge in [-0.15, -0.1) is 0 Å². The molecule has 0 radical (unpaired) electrons. The van der Waals surface area contributed by atoms with Crippen molar-refractivity contribution in [3.05, 3.63) is 110 Å². The van der Waals surface area contributed by atoms with Gasteiger partial charge < -0.3 is 4.74 Å². The molecular weight excluding hydrogens is 447 g/mol. The van der Waals surface area contributed by atoms with E-state index in [0.29, 0.717) is 16.2 Å². The van der Waals surface area contributed by atoms with Gasteiger partial charge in [-0.25, -0.2) is 4.39 Å². The third-order valence-corrected chi connectivity index (χ3v) is 5.77. The molecule has 0 aromatic heterocycles. The zero-order valence-corrected chi connectivity index (χ0v) is 18.0. The number of ether oxygens (including phenoxy) is 1. The first-order valence-corrected chi connectivity index (χ1v) is 10.7. The summed E-state index contributed by atoms with van der Waals surface area (Å²) in [6.45, 7) is 0.331. The van der Waals surface area contributed by atoms with Crippen molar-refractivity contribution in [1.29, 1.82) is 0 Å². The van der Waals surface area contributed by atoms with Crippen molar-refractivity contribution in [3.63, 3.8) is 0 Å². The number of carbonyl (C=O) groups is 2. The number of nitro groups is 1. The van der Waals surface area contributed by atoms with E-state index >= 15 is 0 Å². The van der Waals surface area contributed by atoms with Gasteiger partial charge in [0.1, 0.15) is 18.2 Å². The van der Waals surface area contributed by atoms with Crippen molar-refractivity contribution in [2.24, 2.45) is 0 Å². The Kier molecular flexibility index (Phi) is 6.50. The lowest BCUT2D eigenvalue weighted by Gasteiger charge is -2.12. The van der Waals surface area contributed by atoms with E-state index in [1.165, 1.54) is 36.4 Å². The van der Waals surface area contributed by atoms with Crippen LogP contribution >= 0.6 is 11.8 Å².